The molecule has 0 radical (unpaired) electrons. The van der Waals surface area contributed by atoms with Gasteiger partial charge in [-0.2, -0.15) is 0 Å². The first-order chi connectivity index (χ1) is 12.1. The SMILES string of the molecule is CN(Cc1ccccc1)c1ncccc1CNC(=O)c1cc(=O)[nH][nH]1. The maximum Gasteiger partial charge on any atom is 0.269 e. The van der Waals surface area contributed by atoms with E-state index in [9.17, 15) is 9.59 Å². The van der Waals surface area contributed by atoms with Gasteiger partial charge in [-0.1, -0.05) is 36.4 Å². The fraction of sp³-hybridized carbons (Fsp3) is 0.167. The number of carbonyl (C=O) groups is 1. The summed E-state index contributed by atoms with van der Waals surface area (Å²) in [7, 11) is 1.96. The van der Waals surface area contributed by atoms with Crippen molar-refractivity contribution in [2.45, 2.75) is 13.1 Å². The van der Waals surface area contributed by atoms with Gasteiger partial charge in [-0.3, -0.25) is 19.8 Å². The molecule has 0 bridgehead atoms. The van der Waals surface area contributed by atoms with Gasteiger partial charge in [-0.15, -0.1) is 0 Å². The number of benzene rings is 1. The molecule has 0 aliphatic heterocycles. The minimum atomic E-state index is -0.348. The van der Waals surface area contributed by atoms with Crippen molar-refractivity contribution in [2.75, 3.05) is 11.9 Å². The Morgan fingerprint density at radius 1 is 1.16 bits per heavy atom. The highest BCUT2D eigenvalue weighted by Gasteiger charge is 2.12. The summed E-state index contributed by atoms with van der Waals surface area (Å²) in [5, 5.41) is 7.67. The van der Waals surface area contributed by atoms with Crippen LogP contribution in [-0.4, -0.2) is 28.1 Å². The fourth-order valence-electron chi connectivity index (χ4n) is 2.57. The predicted molar refractivity (Wildman–Crippen MR) is 95.4 cm³/mol. The highest BCUT2D eigenvalue weighted by molar-refractivity contribution is 5.92. The highest BCUT2D eigenvalue weighted by atomic mass is 16.2. The molecule has 1 amide bonds. The number of anilines is 1. The van der Waals surface area contributed by atoms with Crippen LogP contribution in [-0.2, 0) is 13.1 Å². The van der Waals surface area contributed by atoms with Gasteiger partial charge in [0.25, 0.3) is 11.5 Å². The molecule has 3 N–H and O–H groups in total. The number of hydrogen-bond acceptors (Lipinski definition) is 4. The van der Waals surface area contributed by atoms with Crippen LogP contribution in [0.5, 0.6) is 0 Å². The summed E-state index contributed by atoms with van der Waals surface area (Å²) in [5.41, 5.74) is 1.94. The van der Waals surface area contributed by atoms with Gasteiger partial charge in [0.05, 0.1) is 0 Å². The average Bonchev–Trinajstić information content (AvgIpc) is 3.07. The molecule has 0 saturated carbocycles. The van der Waals surface area contributed by atoms with E-state index in [1.54, 1.807) is 6.20 Å². The lowest BCUT2D eigenvalue weighted by Crippen LogP contribution is -2.26. The number of carbonyl (C=O) groups excluding carboxylic acids is 1. The van der Waals surface area contributed by atoms with Crippen LogP contribution in [0.3, 0.4) is 0 Å². The topological polar surface area (TPSA) is 93.9 Å². The summed E-state index contributed by atoms with van der Waals surface area (Å²) in [6.07, 6.45) is 1.73. The maximum atomic E-state index is 12.1. The summed E-state index contributed by atoms with van der Waals surface area (Å²) >= 11 is 0. The number of aromatic amines is 2. The van der Waals surface area contributed by atoms with E-state index in [0.29, 0.717) is 13.1 Å². The predicted octanol–water partition coefficient (Wildman–Crippen LogP) is 1.66. The zero-order chi connectivity index (χ0) is 17.6. The third kappa shape index (κ3) is 4.14. The molecule has 0 atom stereocenters. The van der Waals surface area contributed by atoms with Crippen LogP contribution in [0.1, 0.15) is 21.6 Å². The smallest absolute Gasteiger partial charge is 0.269 e. The van der Waals surface area contributed by atoms with Crippen LogP contribution < -0.4 is 15.8 Å². The van der Waals surface area contributed by atoms with Crippen molar-refractivity contribution < 1.29 is 4.79 Å². The number of amides is 1. The lowest BCUT2D eigenvalue weighted by molar-refractivity contribution is 0.0946. The van der Waals surface area contributed by atoms with Crippen LogP contribution in [0.15, 0.2) is 59.5 Å². The summed E-state index contributed by atoms with van der Waals surface area (Å²) in [6.45, 7) is 1.03. The van der Waals surface area contributed by atoms with Crippen LogP contribution in [0.4, 0.5) is 5.82 Å². The monoisotopic (exact) mass is 337 g/mol. The Balaban J connectivity index is 1.70. The zero-order valence-electron chi connectivity index (χ0n) is 13.8. The second-order valence-corrected chi connectivity index (χ2v) is 5.68. The molecule has 0 unspecified atom stereocenters. The van der Waals surface area contributed by atoms with Crippen LogP contribution >= 0.6 is 0 Å². The van der Waals surface area contributed by atoms with Crippen molar-refractivity contribution in [3.63, 3.8) is 0 Å². The van der Waals surface area contributed by atoms with E-state index < -0.39 is 0 Å². The van der Waals surface area contributed by atoms with E-state index in [-0.39, 0.29) is 17.2 Å². The van der Waals surface area contributed by atoms with Gasteiger partial charge in [0, 0.05) is 38.0 Å². The lowest BCUT2D eigenvalue weighted by Gasteiger charge is -2.21. The standard InChI is InChI=1S/C18H19N5O2/c1-23(12-13-6-3-2-4-7-13)17-14(8-5-9-19-17)11-20-18(25)15-10-16(24)22-21-15/h2-10H,11-12H2,1H3,(H,20,25)(H2,21,22,24). The van der Waals surface area contributed by atoms with Gasteiger partial charge in [-0.25, -0.2) is 4.98 Å². The minimum absolute atomic E-state index is 0.202. The highest BCUT2D eigenvalue weighted by Crippen LogP contribution is 2.18. The molecule has 0 saturated heterocycles. The molecule has 2 heterocycles. The Hall–Kier alpha value is -3.35. The Kier molecular flexibility index (Phi) is 4.94. The minimum Gasteiger partial charge on any atom is -0.355 e. The number of H-pyrrole nitrogens is 2. The third-order valence-electron chi connectivity index (χ3n) is 3.77. The Bertz CT molecular complexity index is 901. The molecule has 0 aliphatic rings. The maximum absolute atomic E-state index is 12.1. The zero-order valence-corrected chi connectivity index (χ0v) is 13.8. The van der Waals surface area contributed by atoms with E-state index in [0.717, 1.165) is 11.4 Å². The summed E-state index contributed by atoms with van der Waals surface area (Å²) < 4.78 is 0. The molecule has 128 valence electrons. The molecule has 25 heavy (non-hydrogen) atoms. The Morgan fingerprint density at radius 2 is 1.96 bits per heavy atom. The van der Waals surface area contributed by atoms with Crippen LogP contribution in [0.25, 0.3) is 0 Å². The second kappa shape index (κ2) is 7.48. The molecule has 0 aliphatic carbocycles. The van der Waals surface area contributed by atoms with Crippen molar-refractivity contribution in [3.8, 4) is 0 Å². The molecule has 7 nitrogen and oxygen atoms in total. The number of nitrogens with zero attached hydrogens (tertiary/aromatic N) is 2. The number of nitrogens with one attached hydrogen (secondary N) is 3. The molecular weight excluding hydrogens is 318 g/mol. The van der Waals surface area contributed by atoms with Gasteiger partial charge < -0.3 is 10.2 Å². The molecule has 0 spiro atoms. The van der Waals surface area contributed by atoms with E-state index >= 15 is 0 Å². The van der Waals surface area contributed by atoms with Gasteiger partial charge in [0.15, 0.2) is 0 Å². The Labute approximate surface area is 144 Å². The summed E-state index contributed by atoms with van der Waals surface area (Å²) in [6, 6.07) is 15.1. The lowest BCUT2D eigenvalue weighted by atomic mass is 10.2. The fourth-order valence-corrected chi connectivity index (χ4v) is 2.57. The van der Waals surface area contributed by atoms with Crippen molar-refractivity contribution in [1.82, 2.24) is 20.5 Å². The summed E-state index contributed by atoms with van der Waals surface area (Å²) in [5.74, 6) is 0.452. The van der Waals surface area contributed by atoms with E-state index in [1.165, 1.54) is 11.6 Å². The van der Waals surface area contributed by atoms with Crippen molar-refractivity contribution in [2.24, 2.45) is 0 Å². The molecule has 1 aromatic carbocycles. The van der Waals surface area contributed by atoms with Crippen LogP contribution in [0, 0.1) is 0 Å². The first kappa shape index (κ1) is 16.5. The Morgan fingerprint density at radius 3 is 2.68 bits per heavy atom. The number of hydrogen-bond donors (Lipinski definition) is 3. The molecule has 7 heteroatoms. The van der Waals surface area contributed by atoms with Crippen LogP contribution in [0.2, 0.25) is 0 Å². The molecule has 0 fully saturated rings. The van der Waals surface area contributed by atoms with Crippen molar-refractivity contribution >= 4 is 11.7 Å². The van der Waals surface area contributed by atoms with E-state index in [4.69, 9.17) is 0 Å². The van der Waals surface area contributed by atoms with E-state index in [1.807, 2.05) is 42.3 Å². The number of rotatable bonds is 6. The van der Waals surface area contributed by atoms with Crippen molar-refractivity contribution in [3.05, 3.63) is 81.9 Å². The molecule has 2 aromatic heterocycles. The number of pyridine rings is 1. The van der Waals surface area contributed by atoms with Gasteiger partial charge in [0.2, 0.25) is 0 Å². The van der Waals surface area contributed by atoms with E-state index in [2.05, 4.69) is 32.6 Å². The molecule has 3 aromatic rings. The normalized spacial score (nSPS) is 10.4. The van der Waals surface area contributed by atoms with Crippen molar-refractivity contribution in [1.29, 1.82) is 0 Å². The molecular formula is C18H19N5O2. The average molecular weight is 337 g/mol. The van der Waals surface area contributed by atoms with Gasteiger partial charge in [-0.05, 0) is 11.6 Å². The van der Waals surface area contributed by atoms with Gasteiger partial charge in [0.1, 0.15) is 11.5 Å². The van der Waals surface area contributed by atoms with Gasteiger partial charge >= 0.3 is 0 Å². The largest absolute Gasteiger partial charge is 0.355 e. The third-order valence-corrected chi connectivity index (χ3v) is 3.77. The summed E-state index contributed by atoms with van der Waals surface area (Å²) in [4.78, 5) is 29.6. The second-order valence-electron chi connectivity index (χ2n) is 5.68. The first-order valence-electron chi connectivity index (χ1n) is 7.88. The quantitative estimate of drug-likeness (QED) is 0.638. The number of aromatic nitrogens is 3. The first-order valence-corrected chi connectivity index (χ1v) is 7.88. The molecule has 3 rings (SSSR count).